The average Bonchev–Trinajstić information content (AvgIpc) is 2.52. The Balaban J connectivity index is 1.82. The molecule has 2 rings (SSSR count). The fraction of sp³-hybridized carbons (Fsp3) is 0.533. The van der Waals surface area contributed by atoms with Gasteiger partial charge in [-0.25, -0.2) is 17.5 Å². The molecule has 1 aliphatic carbocycles. The second-order valence-corrected chi connectivity index (χ2v) is 7.86. The van der Waals surface area contributed by atoms with Gasteiger partial charge >= 0.3 is 0 Å². The Bertz CT molecular complexity index is 691. The molecule has 1 aromatic carbocycles. The molecule has 1 saturated carbocycles. The molecule has 1 fully saturated rings. The van der Waals surface area contributed by atoms with Gasteiger partial charge in [0.05, 0.1) is 11.6 Å². The zero-order chi connectivity index (χ0) is 17.6. The summed E-state index contributed by atoms with van der Waals surface area (Å²) in [6, 6.07) is 3.48. The van der Waals surface area contributed by atoms with E-state index in [9.17, 15) is 12.8 Å². The zero-order valence-electron chi connectivity index (χ0n) is 13.3. The minimum absolute atomic E-state index is 0.0725. The van der Waals surface area contributed by atoms with Crippen molar-refractivity contribution in [1.82, 2.24) is 10.0 Å². The van der Waals surface area contributed by atoms with Crippen molar-refractivity contribution in [2.45, 2.75) is 43.0 Å². The lowest BCUT2D eigenvalue weighted by Crippen LogP contribution is -2.41. The average molecular weight is 377 g/mol. The first-order chi connectivity index (χ1) is 11.4. The SMILES string of the molecule is NC(=NCCNS(=O)(=O)c1ccc(F)cc1Cl)NC1CCCCC1. The smallest absolute Gasteiger partial charge is 0.242 e. The Morgan fingerprint density at radius 2 is 2.04 bits per heavy atom. The molecule has 1 aliphatic rings. The molecule has 0 saturated heterocycles. The van der Waals surface area contributed by atoms with E-state index >= 15 is 0 Å². The van der Waals surface area contributed by atoms with Crippen LogP contribution in [0.25, 0.3) is 0 Å². The minimum atomic E-state index is -3.81. The standard InChI is InChI=1S/C15H22ClFN4O2S/c16-13-10-11(17)6-7-14(13)24(22,23)20-9-8-19-15(18)21-12-4-2-1-3-5-12/h6-7,10,12,20H,1-5,8-9H2,(H3,18,19,21). The lowest BCUT2D eigenvalue weighted by atomic mass is 9.96. The van der Waals surface area contributed by atoms with Crippen LogP contribution in [0.5, 0.6) is 0 Å². The third-order valence-electron chi connectivity index (χ3n) is 3.83. The Hall–Kier alpha value is -1.38. The molecule has 0 aromatic heterocycles. The number of nitrogens with one attached hydrogen (secondary N) is 2. The first kappa shape index (κ1) is 19.0. The van der Waals surface area contributed by atoms with E-state index in [1.54, 1.807) is 0 Å². The fourth-order valence-corrected chi connectivity index (χ4v) is 4.18. The Morgan fingerprint density at radius 3 is 2.71 bits per heavy atom. The number of hydrogen-bond donors (Lipinski definition) is 3. The number of nitrogens with zero attached hydrogens (tertiary/aromatic N) is 1. The quantitative estimate of drug-likeness (QED) is 0.402. The van der Waals surface area contributed by atoms with E-state index < -0.39 is 15.8 Å². The molecule has 0 bridgehead atoms. The van der Waals surface area contributed by atoms with E-state index in [-0.39, 0.29) is 23.0 Å². The highest BCUT2D eigenvalue weighted by Gasteiger charge is 2.18. The van der Waals surface area contributed by atoms with Crippen LogP contribution in [-0.2, 0) is 10.0 Å². The van der Waals surface area contributed by atoms with E-state index in [0.29, 0.717) is 12.0 Å². The molecule has 9 heteroatoms. The predicted octanol–water partition coefficient (Wildman–Crippen LogP) is 1.99. The van der Waals surface area contributed by atoms with Crippen molar-refractivity contribution in [3.8, 4) is 0 Å². The van der Waals surface area contributed by atoms with Gasteiger partial charge in [0.25, 0.3) is 0 Å². The van der Waals surface area contributed by atoms with Gasteiger partial charge in [0.1, 0.15) is 10.7 Å². The summed E-state index contributed by atoms with van der Waals surface area (Å²) >= 11 is 5.77. The zero-order valence-corrected chi connectivity index (χ0v) is 14.8. The first-order valence-electron chi connectivity index (χ1n) is 7.89. The van der Waals surface area contributed by atoms with E-state index in [1.165, 1.54) is 19.3 Å². The van der Waals surface area contributed by atoms with Crippen molar-refractivity contribution in [3.05, 3.63) is 29.0 Å². The molecule has 6 nitrogen and oxygen atoms in total. The molecule has 0 radical (unpaired) electrons. The van der Waals surface area contributed by atoms with Crippen LogP contribution in [0.3, 0.4) is 0 Å². The Labute approximate surface area is 146 Å². The summed E-state index contributed by atoms with van der Waals surface area (Å²) in [6.45, 7) is 0.271. The van der Waals surface area contributed by atoms with Crippen molar-refractivity contribution in [2.75, 3.05) is 13.1 Å². The maximum absolute atomic E-state index is 13.0. The molecule has 0 heterocycles. The van der Waals surface area contributed by atoms with Gasteiger partial charge in [-0.2, -0.15) is 0 Å². The van der Waals surface area contributed by atoms with Crippen molar-refractivity contribution < 1.29 is 12.8 Å². The van der Waals surface area contributed by atoms with Crippen LogP contribution in [0.1, 0.15) is 32.1 Å². The number of benzene rings is 1. The highest BCUT2D eigenvalue weighted by molar-refractivity contribution is 7.89. The number of nitrogens with two attached hydrogens (primary N) is 1. The number of hydrogen-bond acceptors (Lipinski definition) is 3. The molecule has 4 N–H and O–H groups in total. The van der Waals surface area contributed by atoms with Crippen LogP contribution in [0.4, 0.5) is 4.39 Å². The van der Waals surface area contributed by atoms with Gasteiger partial charge in [-0.3, -0.25) is 4.99 Å². The van der Waals surface area contributed by atoms with Crippen LogP contribution < -0.4 is 15.8 Å². The van der Waals surface area contributed by atoms with Gasteiger partial charge in [0.15, 0.2) is 5.96 Å². The van der Waals surface area contributed by atoms with Crippen LogP contribution in [0.15, 0.2) is 28.1 Å². The normalized spacial score (nSPS) is 17.0. The van der Waals surface area contributed by atoms with Gasteiger partial charge in [-0.05, 0) is 31.0 Å². The highest BCUT2D eigenvalue weighted by Crippen LogP contribution is 2.21. The molecular formula is C15H22ClFN4O2S. The fourth-order valence-electron chi connectivity index (χ4n) is 2.63. The topological polar surface area (TPSA) is 96.6 Å². The predicted molar refractivity (Wildman–Crippen MR) is 93.1 cm³/mol. The third-order valence-corrected chi connectivity index (χ3v) is 5.77. The Kier molecular flexibility index (Phi) is 6.82. The summed E-state index contributed by atoms with van der Waals surface area (Å²) in [5.41, 5.74) is 5.81. The van der Waals surface area contributed by atoms with Crippen molar-refractivity contribution in [3.63, 3.8) is 0 Å². The summed E-state index contributed by atoms with van der Waals surface area (Å²) in [7, 11) is -3.81. The van der Waals surface area contributed by atoms with Crippen LogP contribution in [0, 0.1) is 5.82 Å². The molecule has 1 aromatic rings. The highest BCUT2D eigenvalue weighted by atomic mass is 35.5. The second kappa shape index (κ2) is 8.64. The monoisotopic (exact) mass is 376 g/mol. The summed E-state index contributed by atoms with van der Waals surface area (Å²) in [5, 5.41) is 2.99. The summed E-state index contributed by atoms with van der Waals surface area (Å²) in [4.78, 5) is 3.95. The van der Waals surface area contributed by atoms with Crippen molar-refractivity contribution >= 4 is 27.6 Å². The van der Waals surface area contributed by atoms with Crippen molar-refractivity contribution in [2.24, 2.45) is 10.7 Å². The van der Waals surface area contributed by atoms with Gasteiger partial charge in [0, 0.05) is 12.6 Å². The van der Waals surface area contributed by atoms with Crippen LogP contribution in [0.2, 0.25) is 5.02 Å². The molecule has 0 unspecified atom stereocenters. The molecule has 0 atom stereocenters. The van der Waals surface area contributed by atoms with Crippen molar-refractivity contribution in [1.29, 1.82) is 0 Å². The number of sulfonamides is 1. The van der Waals surface area contributed by atoms with Gasteiger partial charge in [-0.1, -0.05) is 30.9 Å². The molecule has 24 heavy (non-hydrogen) atoms. The number of halogens is 2. The van der Waals surface area contributed by atoms with Crippen LogP contribution in [-0.4, -0.2) is 33.5 Å². The van der Waals surface area contributed by atoms with E-state index in [0.717, 1.165) is 31.0 Å². The molecule has 0 spiro atoms. The lowest BCUT2D eigenvalue weighted by Gasteiger charge is -2.23. The molecule has 0 amide bonds. The molecule has 0 aliphatic heterocycles. The first-order valence-corrected chi connectivity index (χ1v) is 9.76. The maximum atomic E-state index is 13.0. The summed E-state index contributed by atoms with van der Waals surface area (Å²) in [5.74, 6) is -0.272. The number of guanidine groups is 1. The third kappa shape index (κ3) is 5.61. The van der Waals surface area contributed by atoms with E-state index in [4.69, 9.17) is 17.3 Å². The minimum Gasteiger partial charge on any atom is -0.370 e. The van der Waals surface area contributed by atoms with Gasteiger partial charge in [-0.15, -0.1) is 0 Å². The maximum Gasteiger partial charge on any atom is 0.242 e. The second-order valence-electron chi connectivity index (χ2n) is 5.72. The largest absolute Gasteiger partial charge is 0.370 e. The number of rotatable bonds is 6. The lowest BCUT2D eigenvalue weighted by molar-refractivity contribution is 0.412. The van der Waals surface area contributed by atoms with Gasteiger partial charge in [0.2, 0.25) is 10.0 Å². The summed E-state index contributed by atoms with van der Waals surface area (Å²) in [6.07, 6.45) is 5.77. The number of aliphatic imine (C=N–C) groups is 1. The van der Waals surface area contributed by atoms with Crippen LogP contribution >= 0.6 is 11.6 Å². The molecular weight excluding hydrogens is 355 g/mol. The van der Waals surface area contributed by atoms with Gasteiger partial charge < -0.3 is 11.1 Å². The molecule has 134 valence electrons. The van der Waals surface area contributed by atoms with E-state index in [1.807, 2.05) is 0 Å². The summed E-state index contributed by atoms with van der Waals surface area (Å²) < 4.78 is 39.6. The Morgan fingerprint density at radius 1 is 1.33 bits per heavy atom. The van der Waals surface area contributed by atoms with E-state index in [2.05, 4.69) is 15.0 Å².